The number of nitrogens with zero attached hydrogens (tertiary/aromatic N) is 1. The van der Waals surface area contributed by atoms with Gasteiger partial charge < -0.3 is 20.8 Å². The van der Waals surface area contributed by atoms with E-state index in [1.807, 2.05) is 66.7 Å². The van der Waals surface area contributed by atoms with Gasteiger partial charge in [0.05, 0.1) is 5.69 Å². The third-order valence-corrected chi connectivity index (χ3v) is 6.31. The molecule has 7 heteroatoms. The third-order valence-electron chi connectivity index (χ3n) is 6.31. The van der Waals surface area contributed by atoms with Crippen LogP contribution in [0.2, 0.25) is 0 Å². The quantitative estimate of drug-likeness (QED) is 0.147. The number of rotatable bonds is 6. The number of anilines is 3. The molecule has 184 valence electrons. The number of furan rings is 1. The molecule has 5 N–H and O–H groups in total. The second-order valence-corrected chi connectivity index (χ2v) is 8.86. The molecule has 0 saturated heterocycles. The van der Waals surface area contributed by atoms with Gasteiger partial charge in [0.1, 0.15) is 17.0 Å². The van der Waals surface area contributed by atoms with Crippen LogP contribution in [-0.2, 0) is 0 Å². The number of aromatic nitrogens is 1. The van der Waals surface area contributed by atoms with Gasteiger partial charge in [0.2, 0.25) is 0 Å². The molecule has 6 aromatic rings. The van der Waals surface area contributed by atoms with Gasteiger partial charge in [-0.05, 0) is 60.7 Å². The van der Waals surface area contributed by atoms with Crippen molar-refractivity contribution in [1.82, 2.24) is 4.98 Å². The zero-order valence-corrected chi connectivity index (χ0v) is 20.2. The van der Waals surface area contributed by atoms with Crippen molar-refractivity contribution in [3.8, 4) is 11.3 Å². The minimum absolute atomic E-state index is 0.0800. The molecule has 0 bridgehead atoms. The molecule has 4 aromatic carbocycles. The number of pyridine rings is 1. The number of nitrogens with two attached hydrogens (primary N) is 1. The number of carbonyl (C=O) groups excluding carboxylic acids is 1. The molecule has 0 radical (unpaired) electrons. The molecule has 0 unspecified atom stereocenters. The van der Waals surface area contributed by atoms with Crippen LogP contribution in [-0.4, -0.2) is 16.7 Å². The molecule has 7 nitrogen and oxygen atoms in total. The number of fused-ring (bicyclic) bond motifs is 3. The Morgan fingerprint density at radius 2 is 1.50 bits per heavy atom. The molecule has 0 atom stereocenters. The molecule has 0 aliphatic carbocycles. The summed E-state index contributed by atoms with van der Waals surface area (Å²) in [5, 5.41) is 16.0. The van der Waals surface area contributed by atoms with Gasteiger partial charge >= 0.3 is 0 Å². The minimum atomic E-state index is -0.271. The number of hydrogen-bond donors (Lipinski definition) is 4. The van der Waals surface area contributed by atoms with Crippen molar-refractivity contribution < 1.29 is 9.21 Å². The van der Waals surface area contributed by atoms with Gasteiger partial charge in [0.15, 0.2) is 0 Å². The van der Waals surface area contributed by atoms with E-state index in [1.165, 1.54) is 0 Å². The van der Waals surface area contributed by atoms with E-state index in [4.69, 9.17) is 15.6 Å². The summed E-state index contributed by atoms with van der Waals surface area (Å²) < 4.78 is 6.18. The fraction of sp³-hybridized carbons (Fsp3) is 0. The Labute approximate surface area is 218 Å². The van der Waals surface area contributed by atoms with Gasteiger partial charge in [-0.3, -0.25) is 15.2 Å². The van der Waals surface area contributed by atoms with Gasteiger partial charge in [-0.1, -0.05) is 42.5 Å². The molecule has 0 saturated carbocycles. The summed E-state index contributed by atoms with van der Waals surface area (Å²) in [6.45, 7) is 0. The summed E-state index contributed by atoms with van der Waals surface area (Å²) in [5.74, 6) is -0.351. The molecular weight excluding hydrogens is 474 g/mol. The maximum absolute atomic E-state index is 12.6. The van der Waals surface area contributed by atoms with Crippen LogP contribution in [0.3, 0.4) is 0 Å². The second-order valence-electron chi connectivity index (χ2n) is 8.86. The Bertz CT molecular complexity index is 1820. The van der Waals surface area contributed by atoms with Crippen molar-refractivity contribution in [3.05, 3.63) is 120 Å². The Balaban J connectivity index is 1.20. The number of hydrogen-bond acceptors (Lipinski definition) is 5. The predicted molar refractivity (Wildman–Crippen MR) is 152 cm³/mol. The smallest absolute Gasteiger partial charge is 0.255 e. The molecule has 0 fully saturated rings. The maximum atomic E-state index is 12.6. The Morgan fingerprint density at radius 3 is 2.34 bits per heavy atom. The lowest BCUT2D eigenvalue weighted by Gasteiger charge is -2.10. The van der Waals surface area contributed by atoms with Crippen molar-refractivity contribution in [1.29, 1.82) is 5.41 Å². The van der Waals surface area contributed by atoms with Crippen molar-refractivity contribution in [2.45, 2.75) is 0 Å². The van der Waals surface area contributed by atoms with Gasteiger partial charge in [-0.15, -0.1) is 0 Å². The van der Waals surface area contributed by atoms with E-state index in [9.17, 15) is 4.79 Å². The maximum Gasteiger partial charge on any atom is 0.255 e. The molecule has 2 heterocycles. The van der Waals surface area contributed by atoms with Crippen LogP contribution in [0.25, 0.3) is 33.2 Å². The highest BCUT2D eigenvalue weighted by Crippen LogP contribution is 2.35. The van der Waals surface area contributed by atoms with Crippen LogP contribution in [0, 0.1) is 5.41 Å². The van der Waals surface area contributed by atoms with Gasteiger partial charge in [-0.25, -0.2) is 0 Å². The lowest BCUT2D eigenvalue weighted by molar-refractivity contribution is 0.102. The SMILES string of the molecule is N=C(N)c1cccc(C(=O)Nc2ccc(Nc3ccnc(-c4cccc5c4oc4ccccc45)c3)cc2)c1. The number of amidine groups is 1. The minimum Gasteiger partial charge on any atom is -0.455 e. The summed E-state index contributed by atoms with van der Waals surface area (Å²) in [4.78, 5) is 17.2. The Kier molecular flexibility index (Phi) is 5.78. The molecular formula is C31H23N5O2. The Morgan fingerprint density at radius 1 is 0.763 bits per heavy atom. The highest BCUT2D eigenvalue weighted by molar-refractivity contribution is 6.09. The summed E-state index contributed by atoms with van der Waals surface area (Å²) >= 11 is 0. The summed E-state index contributed by atoms with van der Waals surface area (Å²) in [7, 11) is 0. The first-order valence-corrected chi connectivity index (χ1v) is 12.0. The van der Waals surface area contributed by atoms with E-state index in [0.717, 1.165) is 44.6 Å². The van der Waals surface area contributed by atoms with Gasteiger partial charge in [-0.2, -0.15) is 0 Å². The topological polar surface area (TPSA) is 117 Å². The van der Waals surface area contributed by atoms with Crippen molar-refractivity contribution in [2.24, 2.45) is 5.73 Å². The lowest BCUT2D eigenvalue weighted by atomic mass is 10.1. The predicted octanol–water partition coefficient (Wildman–Crippen LogP) is 6.93. The molecule has 6 rings (SSSR count). The van der Waals surface area contributed by atoms with Crippen molar-refractivity contribution >= 4 is 50.7 Å². The lowest BCUT2D eigenvalue weighted by Crippen LogP contribution is -2.15. The van der Waals surface area contributed by atoms with E-state index in [2.05, 4.69) is 27.8 Å². The number of benzene rings is 4. The standard InChI is InChI=1S/C31H23N5O2/c32-30(33)19-5-3-6-20(17-19)31(37)36-22-13-11-21(12-14-22)35-23-15-16-34-27(18-23)26-9-4-8-25-24-7-1-2-10-28(24)38-29(25)26/h1-18H,(H3,32,33)(H,34,35)(H,36,37). The first-order chi connectivity index (χ1) is 18.5. The van der Waals surface area contributed by atoms with Crippen LogP contribution < -0.4 is 16.4 Å². The number of nitrogen functional groups attached to an aromatic ring is 1. The average Bonchev–Trinajstić information content (AvgIpc) is 3.33. The number of para-hydroxylation sites is 2. The first kappa shape index (κ1) is 23.0. The zero-order chi connectivity index (χ0) is 26.1. The molecule has 2 aromatic heterocycles. The fourth-order valence-electron chi connectivity index (χ4n) is 4.44. The molecule has 0 aliphatic heterocycles. The van der Waals surface area contributed by atoms with E-state index in [0.29, 0.717) is 16.8 Å². The second kappa shape index (κ2) is 9.55. The van der Waals surface area contributed by atoms with E-state index >= 15 is 0 Å². The Hall–Kier alpha value is -5.43. The van der Waals surface area contributed by atoms with Gasteiger partial charge in [0, 0.05) is 50.7 Å². The molecule has 0 aliphatic rings. The summed E-state index contributed by atoms with van der Waals surface area (Å²) in [6.07, 6.45) is 1.77. The highest BCUT2D eigenvalue weighted by atomic mass is 16.3. The van der Waals surface area contributed by atoms with E-state index < -0.39 is 0 Å². The monoisotopic (exact) mass is 497 g/mol. The normalized spacial score (nSPS) is 10.9. The van der Waals surface area contributed by atoms with E-state index in [1.54, 1.807) is 30.5 Å². The van der Waals surface area contributed by atoms with Crippen LogP contribution in [0.15, 0.2) is 114 Å². The third kappa shape index (κ3) is 4.44. The average molecular weight is 498 g/mol. The zero-order valence-electron chi connectivity index (χ0n) is 20.2. The number of nitrogens with one attached hydrogen (secondary N) is 3. The molecule has 0 spiro atoms. The molecule has 1 amide bonds. The van der Waals surface area contributed by atoms with Crippen molar-refractivity contribution in [2.75, 3.05) is 10.6 Å². The molecule has 38 heavy (non-hydrogen) atoms. The first-order valence-electron chi connectivity index (χ1n) is 12.0. The highest BCUT2D eigenvalue weighted by Gasteiger charge is 2.13. The van der Waals surface area contributed by atoms with Crippen LogP contribution in [0.1, 0.15) is 15.9 Å². The fourth-order valence-corrected chi connectivity index (χ4v) is 4.44. The van der Waals surface area contributed by atoms with Crippen LogP contribution in [0.5, 0.6) is 0 Å². The van der Waals surface area contributed by atoms with Gasteiger partial charge in [0.25, 0.3) is 5.91 Å². The number of amides is 1. The summed E-state index contributed by atoms with van der Waals surface area (Å²) in [5.41, 5.74) is 12.3. The summed E-state index contributed by atoms with van der Waals surface area (Å²) in [6, 6.07) is 32.1. The van der Waals surface area contributed by atoms with Crippen LogP contribution >= 0.6 is 0 Å². The van der Waals surface area contributed by atoms with Crippen molar-refractivity contribution in [3.63, 3.8) is 0 Å². The van der Waals surface area contributed by atoms with Crippen LogP contribution in [0.4, 0.5) is 17.1 Å². The largest absolute Gasteiger partial charge is 0.455 e. The number of carbonyl (C=O) groups is 1. The van der Waals surface area contributed by atoms with E-state index in [-0.39, 0.29) is 11.7 Å².